The molecule has 1 N–H and O–H groups in total. The van der Waals surface area contributed by atoms with Crippen molar-refractivity contribution >= 4 is 29.0 Å². The Labute approximate surface area is 168 Å². The summed E-state index contributed by atoms with van der Waals surface area (Å²) in [4.78, 5) is 16.6. The number of benzene rings is 2. The highest BCUT2D eigenvalue weighted by atomic mass is 32.1. The van der Waals surface area contributed by atoms with Crippen LogP contribution in [0, 0.1) is 6.92 Å². The van der Waals surface area contributed by atoms with Crippen molar-refractivity contribution in [2.75, 3.05) is 12.4 Å². The number of amides is 1. The number of aromatic nitrogens is 1. The molecule has 144 valence electrons. The zero-order valence-electron chi connectivity index (χ0n) is 15.8. The maximum atomic E-state index is 12.3. The summed E-state index contributed by atoms with van der Waals surface area (Å²) in [6.07, 6.45) is 3.26. The molecule has 0 saturated carbocycles. The van der Waals surface area contributed by atoms with Crippen molar-refractivity contribution < 1.29 is 14.3 Å². The zero-order chi connectivity index (χ0) is 19.8. The van der Waals surface area contributed by atoms with Gasteiger partial charge in [0.1, 0.15) is 12.4 Å². The molecule has 0 saturated heterocycles. The number of carbonyl (C=O) groups is 1. The lowest BCUT2D eigenvalue weighted by molar-refractivity contribution is -0.111. The number of carbonyl (C=O) groups excluding carboxylic acids is 1. The van der Waals surface area contributed by atoms with Crippen molar-refractivity contribution in [2.45, 2.75) is 20.1 Å². The van der Waals surface area contributed by atoms with E-state index in [1.807, 2.05) is 60.8 Å². The lowest BCUT2D eigenvalue weighted by Gasteiger charge is -2.08. The molecule has 0 unspecified atom stereocenters. The second-order valence-corrected chi connectivity index (χ2v) is 7.19. The van der Waals surface area contributed by atoms with Crippen molar-refractivity contribution in [1.29, 1.82) is 0 Å². The quantitative estimate of drug-likeness (QED) is 0.556. The van der Waals surface area contributed by atoms with E-state index in [2.05, 4.69) is 10.3 Å². The van der Waals surface area contributed by atoms with Gasteiger partial charge in [-0.05, 0) is 36.8 Å². The van der Waals surface area contributed by atoms with Crippen molar-refractivity contribution in [2.24, 2.45) is 0 Å². The highest BCUT2D eigenvalue weighted by Gasteiger charge is 2.04. The van der Waals surface area contributed by atoms with Crippen LogP contribution in [0.5, 0.6) is 5.75 Å². The summed E-state index contributed by atoms with van der Waals surface area (Å²) in [5.41, 5.74) is 3.47. The fourth-order valence-corrected chi connectivity index (χ4v) is 3.21. The predicted molar refractivity (Wildman–Crippen MR) is 112 cm³/mol. The number of methoxy groups -OCH3 is 1. The van der Waals surface area contributed by atoms with Gasteiger partial charge in [0, 0.05) is 29.8 Å². The standard InChI is InChI=1S/C22H22N2O3S/c1-16-23-19(15-28-16)14-27-20-8-5-6-17(12-20)10-11-22(25)24-21-9-4-3-7-18(21)13-26-2/h3-12,15H,13-14H2,1-2H3,(H,24,25)/b11-10+. The molecule has 0 bridgehead atoms. The Balaban J connectivity index is 1.60. The van der Waals surface area contributed by atoms with Gasteiger partial charge in [-0.3, -0.25) is 4.79 Å². The maximum Gasteiger partial charge on any atom is 0.248 e. The molecule has 1 amide bonds. The summed E-state index contributed by atoms with van der Waals surface area (Å²) in [6, 6.07) is 15.2. The largest absolute Gasteiger partial charge is 0.487 e. The Morgan fingerprint density at radius 1 is 1.18 bits per heavy atom. The number of para-hydroxylation sites is 1. The topological polar surface area (TPSA) is 60.5 Å². The van der Waals surface area contributed by atoms with Crippen molar-refractivity contribution in [1.82, 2.24) is 4.98 Å². The van der Waals surface area contributed by atoms with Gasteiger partial charge >= 0.3 is 0 Å². The first-order valence-corrected chi connectivity index (χ1v) is 9.72. The van der Waals surface area contributed by atoms with E-state index in [1.54, 1.807) is 24.5 Å². The fourth-order valence-electron chi connectivity index (χ4n) is 2.61. The predicted octanol–water partition coefficient (Wildman–Crippen LogP) is 4.83. The van der Waals surface area contributed by atoms with Crippen LogP contribution in [0.15, 0.2) is 60.0 Å². The number of nitrogens with zero attached hydrogens (tertiary/aromatic N) is 1. The number of ether oxygens (including phenoxy) is 2. The molecule has 0 aliphatic carbocycles. The third-order valence-electron chi connectivity index (χ3n) is 3.91. The maximum absolute atomic E-state index is 12.3. The number of rotatable bonds is 8. The highest BCUT2D eigenvalue weighted by molar-refractivity contribution is 7.09. The molecular formula is C22H22N2O3S. The molecule has 0 aliphatic heterocycles. The molecule has 0 radical (unpaired) electrons. The van der Waals surface area contributed by atoms with Crippen molar-refractivity contribution in [3.05, 3.63) is 81.8 Å². The molecule has 3 rings (SSSR count). The highest BCUT2D eigenvalue weighted by Crippen LogP contribution is 2.18. The van der Waals surface area contributed by atoms with E-state index >= 15 is 0 Å². The Morgan fingerprint density at radius 3 is 2.82 bits per heavy atom. The second-order valence-electron chi connectivity index (χ2n) is 6.13. The molecule has 0 fully saturated rings. The van der Waals surface area contributed by atoms with Crippen LogP contribution in [-0.2, 0) is 22.7 Å². The van der Waals surface area contributed by atoms with E-state index < -0.39 is 0 Å². The molecule has 3 aromatic rings. The van der Waals surface area contributed by atoms with Gasteiger partial charge in [-0.25, -0.2) is 4.98 Å². The number of hydrogen-bond acceptors (Lipinski definition) is 5. The van der Waals surface area contributed by atoms with E-state index in [0.29, 0.717) is 13.2 Å². The summed E-state index contributed by atoms with van der Waals surface area (Å²) in [6.45, 7) is 2.84. The van der Waals surface area contributed by atoms with Crippen LogP contribution in [0.1, 0.15) is 21.8 Å². The summed E-state index contributed by atoms with van der Waals surface area (Å²) < 4.78 is 10.9. The van der Waals surface area contributed by atoms with Crippen LogP contribution in [0.2, 0.25) is 0 Å². The number of thiazole rings is 1. The molecule has 2 aromatic carbocycles. The summed E-state index contributed by atoms with van der Waals surface area (Å²) in [7, 11) is 1.63. The lowest BCUT2D eigenvalue weighted by Crippen LogP contribution is -2.10. The lowest BCUT2D eigenvalue weighted by atomic mass is 10.1. The number of aryl methyl sites for hydroxylation is 1. The Kier molecular flexibility index (Phi) is 6.94. The Bertz CT molecular complexity index is 966. The first-order chi connectivity index (χ1) is 13.6. The fraction of sp³-hybridized carbons (Fsp3) is 0.182. The molecule has 1 heterocycles. The molecule has 6 heteroatoms. The zero-order valence-corrected chi connectivity index (χ0v) is 16.7. The van der Waals surface area contributed by atoms with Gasteiger partial charge in [0.25, 0.3) is 0 Å². The normalized spacial score (nSPS) is 10.9. The molecular weight excluding hydrogens is 372 g/mol. The van der Waals surface area contributed by atoms with Crippen LogP contribution in [0.4, 0.5) is 5.69 Å². The molecule has 0 aliphatic rings. The van der Waals surface area contributed by atoms with E-state index in [9.17, 15) is 4.79 Å². The van der Waals surface area contributed by atoms with Crippen LogP contribution in [0.25, 0.3) is 6.08 Å². The van der Waals surface area contributed by atoms with Gasteiger partial charge < -0.3 is 14.8 Å². The third-order valence-corrected chi connectivity index (χ3v) is 4.74. The van der Waals surface area contributed by atoms with E-state index in [0.717, 1.165) is 33.3 Å². The molecule has 0 spiro atoms. The minimum Gasteiger partial charge on any atom is -0.487 e. The minimum atomic E-state index is -0.201. The van der Waals surface area contributed by atoms with Crippen molar-refractivity contribution in [3.8, 4) is 5.75 Å². The van der Waals surface area contributed by atoms with E-state index in [1.165, 1.54) is 6.08 Å². The van der Waals surface area contributed by atoms with Gasteiger partial charge in [-0.15, -0.1) is 11.3 Å². The second kappa shape index (κ2) is 9.82. The smallest absolute Gasteiger partial charge is 0.248 e. The van der Waals surface area contributed by atoms with Crippen LogP contribution in [0.3, 0.4) is 0 Å². The van der Waals surface area contributed by atoms with Crippen molar-refractivity contribution in [3.63, 3.8) is 0 Å². The SMILES string of the molecule is COCc1ccccc1NC(=O)/C=C/c1cccc(OCc2csc(C)n2)c1. The van der Waals surface area contributed by atoms with Gasteiger partial charge in [-0.1, -0.05) is 30.3 Å². The van der Waals surface area contributed by atoms with Gasteiger partial charge in [0.2, 0.25) is 5.91 Å². The average Bonchev–Trinajstić information content (AvgIpc) is 3.12. The van der Waals surface area contributed by atoms with Gasteiger partial charge in [0.15, 0.2) is 0 Å². The Morgan fingerprint density at radius 2 is 2.04 bits per heavy atom. The average molecular weight is 394 g/mol. The summed E-state index contributed by atoms with van der Waals surface area (Å²) in [5.74, 6) is 0.534. The van der Waals surface area contributed by atoms with Crippen LogP contribution >= 0.6 is 11.3 Å². The number of hydrogen-bond donors (Lipinski definition) is 1. The molecule has 0 atom stereocenters. The number of anilines is 1. The number of nitrogens with one attached hydrogen (secondary N) is 1. The van der Waals surface area contributed by atoms with Gasteiger partial charge in [0.05, 0.1) is 17.3 Å². The molecule has 1 aromatic heterocycles. The third kappa shape index (κ3) is 5.77. The summed E-state index contributed by atoms with van der Waals surface area (Å²) in [5, 5.41) is 5.90. The first-order valence-electron chi connectivity index (χ1n) is 8.84. The van der Waals surface area contributed by atoms with Gasteiger partial charge in [-0.2, -0.15) is 0 Å². The Hall–Kier alpha value is -2.96. The summed E-state index contributed by atoms with van der Waals surface area (Å²) >= 11 is 1.60. The van der Waals surface area contributed by atoms with E-state index in [4.69, 9.17) is 9.47 Å². The monoisotopic (exact) mass is 394 g/mol. The molecule has 28 heavy (non-hydrogen) atoms. The molecule has 5 nitrogen and oxygen atoms in total. The minimum absolute atomic E-state index is 0.201. The van der Waals surface area contributed by atoms with Crippen LogP contribution in [-0.4, -0.2) is 18.0 Å². The van der Waals surface area contributed by atoms with E-state index in [-0.39, 0.29) is 5.91 Å². The first kappa shape index (κ1) is 19.8. The van der Waals surface area contributed by atoms with Crippen LogP contribution < -0.4 is 10.1 Å².